The van der Waals surface area contributed by atoms with Gasteiger partial charge in [-0.3, -0.25) is 4.99 Å². The molecule has 128 valence electrons. The molecule has 0 saturated heterocycles. The van der Waals surface area contributed by atoms with Crippen molar-refractivity contribution in [1.29, 1.82) is 0 Å². The predicted octanol–water partition coefficient (Wildman–Crippen LogP) is 4.57. The monoisotopic (exact) mass is 353 g/mol. The van der Waals surface area contributed by atoms with Crippen molar-refractivity contribution >= 4 is 35.3 Å². The highest BCUT2D eigenvalue weighted by Gasteiger charge is 2.14. The summed E-state index contributed by atoms with van der Waals surface area (Å²) in [5.41, 5.74) is 2.04. The highest BCUT2D eigenvalue weighted by atomic mass is 35.5. The van der Waals surface area contributed by atoms with E-state index in [2.05, 4.69) is 40.2 Å². The van der Waals surface area contributed by atoms with Crippen molar-refractivity contribution in [3.8, 4) is 17.0 Å². The summed E-state index contributed by atoms with van der Waals surface area (Å²) in [4.78, 5) is 11.5. The van der Waals surface area contributed by atoms with Crippen LogP contribution in [0.5, 0.6) is 5.75 Å². The summed E-state index contributed by atoms with van der Waals surface area (Å²) in [5.74, 6) is 1.82. The minimum Gasteiger partial charge on any atom is -0.497 e. The standard InChI is InChI=1S/C20H19N3O.ClH/c1-24-17-9-7-15(8-10-17)19-13-16-5-2-3-6-18(16)20(22-19)23-12-4-11-21-14-23;/h2-3,5-10,13-14H,4,11-12H2,1H3;1H. The van der Waals surface area contributed by atoms with E-state index in [1.807, 2.05) is 30.6 Å². The van der Waals surface area contributed by atoms with Gasteiger partial charge in [0.05, 0.1) is 19.1 Å². The Hall–Kier alpha value is -2.59. The lowest BCUT2D eigenvalue weighted by atomic mass is 10.1. The van der Waals surface area contributed by atoms with Crippen molar-refractivity contribution in [1.82, 2.24) is 4.98 Å². The third kappa shape index (κ3) is 3.44. The largest absolute Gasteiger partial charge is 0.497 e. The van der Waals surface area contributed by atoms with E-state index in [0.29, 0.717) is 0 Å². The maximum Gasteiger partial charge on any atom is 0.142 e. The lowest BCUT2D eigenvalue weighted by Gasteiger charge is -2.23. The van der Waals surface area contributed by atoms with Gasteiger partial charge in [0.15, 0.2) is 0 Å². The number of nitrogens with zero attached hydrogens (tertiary/aromatic N) is 3. The minimum atomic E-state index is 0. The molecule has 0 saturated carbocycles. The van der Waals surface area contributed by atoms with Crippen LogP contribution in [0.3, 0.4) is 0 Å². The number of halogens is 1. The molecular formula is C20H20ClN3O. The molecule has 1 aliphatic rings. The fourth-order valence-corrected chi connectivity index (χ4v) is 3.02. The Labute approximate surface area is 153 Å². The maximum absolute atomic E-state index is 5.25. The molecule has 1 aliphatic heterocycles. The van der Waals surface area contributed by atoms with Crippen LogP contribution in [0.4, 0.5) is 5.82 Å². The Morgan fingerprint density at radius 2 is 1.84 bits per heavy atom. The molecule has 0 N–H and O–H groups in total. The van der Waals surface area contributed by atoms with Crippen LogP contribution in [0.2, 0.25) is 0 Å². The van der Waals surface area contributed by atoms with E-state index in [4.69, 9.17) is 9.72 Å². The number of rotatable bonds is 3. The van der Waals surface area contributed by atoms with Gasteiger partial charge in [-0.1, -0.05) is 24.3 Å². The maximum atomic E-state index is 5.25. The van der Waals surface area contributed by atoms with E-state index >= 15 is 0 Å². The number of methoxy groups -OCH3 is 1. The summed E-state index contributed by atoms with van der Waals surface area (Å²) in [6.45, 7) is 1.85. The summed E-state index contributed by atoms with van der Waals surface area (Å²) < 4.78 is 5.25. The van der Waals surface area contributed by atoms with E-state index in [9.17, 15) is 0 Å². The van der Waals surface area contributed by atoms with E-state index in [1.54, 1.807) is 7.11 Å². The zero-order valence-corrected chi connectivity index (χ0v) is 14.9. The van der Waals surface area contributed by atoms with Gasteiger partial charge in [-0.05, 0) is 42.1 Å². The van der Waals surface area contributed by atoms with Gasteiger partial charge in [0.25, 0.3) is 0 Å². The van der Waals surface area contributed by atoms with E-state index in [1.165, 1.54) is 5.39 Å². The number of benzene rings is 2. The average Bonchev–Trinajstić information content (AvgIpc) is 2.68. The molecule has 0 aliphatic carbocycles. The molecular weight excluding hydrogens is 334 g/mol. The second kappa shape index (κ2) is 7.53. The molecule has 0 fully saturated rings. The molecule has 4 rings (SSSR count). The third-order valence-electron chi connectivity index (χ3n) is 4.29. The molecule has 0 spiro atoms. The number of aliphatic imine (C=N–C) groups is 1. The smallest absolute Gasteiger partial charge is 0.142 e. The average molecular weight is 354 g/mol. The van der Waals surface area contributed by atoms with Crippen molar-refractivity contribution in [2.24, 2.45) is 4.99 Å². The van der Waals surface area contributed by atoms with Crippen LogP contribution in [0.25, 0.3) is 22.0 Å². The molecule has 3 aromatic rings. The molecule has 0 amide bonds. The van der Waals surface area contributed by atoms with Gasteiger partial charge in [-0.15, -0.1) is 12.4 Å². The van der Waals surface area contributed by atoms with Crippen LogP contribution >= 0.6 is 12.4 Å². The zero-order valence-electron chi connectivity index (χ0n) is 14.1. The van der Waals surface area contributed by atoms with Crippen LogP contribution in [-0.4, -0.2) is 31.5 Å². The predicted molar refractivity (Wildman–Crippen MR) is 106 cm³/mol. The first-order valence-corrected chi connectivity index (χ1v) is 8.16. The highest BCUT2D eigenvalue weighted by molar-refractivity contribution is 5.99. The summed E-state index contributed by atoms with van der Waals surface area (Å²) in [5, 5.41) is 2.34. The summed E-state index contributed by atoms with van der Waals surface area (Å²) in [6.07, 6.45) is 2.97. The molecule has 4 nitrogen and oxygen atoms in total. The Morgan fingerprint density at radius 3 is 2.56 bits per heavy atom. The molecule has 5 heteroatoms. The molecule has 0 bridgehead atoms. The Bertz CT molecular complexity index is 893. The van der Waals surface area contributed by atoms with Gasteiger partial charge in [0, 0.05) is 24.0 Å². The van der Waals surface area contributed by atoms with Crippen molar-refractivity contribution in [2.45, 2.75) is 6.42 Å². The van der Waals surface area contributed by atoms with E-state index in [0.717, 1.165) is 47.7 Å². The highest BCUT2D eigenvalue weighted by Crippen LogP contribution is 2.30. The quantitative estimate of drug-likeness (QED) is 0.692. The topological polar surface area (TPSA) is 37.7 Å². The van der Waals surface area contributed by atoms with Gasteiger partial charge in [0.2, 0.25) is 0 Å². The van der Waals surface area contributed by atoms with Crippen molar-refractivity contribution in [3.05, 3.63) is 54.6 Å². The Morgan fingerprint density at radius 1 is 1.04 bits per heavy atom. The third-order valence-corrected chi connectivity index (χ3v) is 4.29. The lowest BCUT2D eigenvalue weighted by Crippen LogP contribution is -2.27. The first kappa shape index (κ1) is 17.2. The van der Waals surface area contributed by atoms with Gasteiger partial charge < -0.3 is 9.64 Å². The van der Waals surface area contributed by atoms with Gasteiger partial charge >= 0.3 is 0 Å². The van der Waals surface area contributed by atoms with Crippen molar-refractivity contribution < 1.29 is 4.74 Å². The van der Waals surface area contributed by atoms with Gasteiger partial charge in [0.1, 0.15) is 11.6 Å². The van der Waals surface area contributed by atoms with Crippen LogP contribution in [0.15, 0.2) is 59.6 Å². The number of hydrogen-bond acceptors (Lipinski definition) is 4. The molecule has 0 unspecified atom stereocenters. The van der Waals surface area contributed by atoms with Gasteiger partial charge in [-0.25, -0.2) is 4.98 Å². The number of hydrogen-bond donors (Lipinski definition) is 0. The number of pyridine rings is 1. The van der Waals surface area contributed by atoms with E-state index < -0.39 is 0 Å². The second-order valence-electron chi connectivity index (χ2n) is 5.85. The van der Waals surface area contributed by atoms with Crippen LogP contribution in [0, 0.1) is 0 Å². The lowest BCUT2D eigenvalue weighted by molar-refractivity contribution is 0.415. The minimum absolute atomic E-state index is 0. The molecule has 2 heterocycles. The fraction of sp³-hybridized carbons (Fsp3) is 0.200. The number of ether oxygens (including phenoxy) is 1. The van der Waals surface area contributed by atoms with Crippen LogP contribution in [-0.2, 0) is 0 Å². The summed E-state index contributed by atoms with van der Waals surface area (Å²) in [6, 6.07) is 18.5. The van der Waals surface area contributed by atoms with Crippen LogP contribution in [0.1, 0.15) is 6.42 Å². The van der Waals surface area contributed by atoms with Crippen molar-refractivity contribution in [2.75, 3.05) is 25.1 Å². The van der Waals surface area contributed by atoms with E-state index in [-0.39, 0.29) is 12.4 Å². The molecule has 2 aromatic carbocycles. The second-order valence-corrected chi connectivity index (χ2v) is 5.85. The molecule has 0 radical (unpaired) electrons. The summed E-state index contributed by atoms with van der Waals surface area (Å²) >= 11 is 0. The SMILES string of the molecule is COc1ccc(-c2cc3ccccc3c(N3C=NCCC3)n2)cc1.Cl. The molecule has 25 heavy (non-hydrogen) atoms. The molecule has 1 aromatic heterocycles. The Kier molecular flexibility index (Phi) is 5.19. The molecule has 0 atom stereocenters. The number of fused-ring (bicyclic) bond motifs is 1. The normalized spacial score (nSPS) is 13.6. The fourth-order valence-electron chi connectivity index (χ4n) is 3.02. The van der Waals surface area contributed by atoms with Crippen LogP contribution < -0.4 is 9.64 Å². The first-order valence-electron chi connectivity index (χ1n) is 8.16. The van der Waals surface area contributed by atoms with Crippen molar-refractivity contribution in [3.63, 3.8) is 0 Å². The number of anilines is 1. The zero-order chi connectivity index (χ0) is 16.4. The number of aromatic nitrogens is 1. The summed E-state index contributed by atoms with van der Waals surface area (Å²) in [7, 11) is 1.68. The Balaban J connectivity index is 0.00000182. The first-order chi connectivity index (χ1) is 11.8. The van der Waals surface area contributed by atoms with Gasteiger partial charge in [-0.2, -0.15) is 0 Å².